The Morgan fingerprint density at radius 1 is 1.06 bits per heavy atom. The van der Waals surface area contributed by atoms with Crippen LogP contribution in [0.15, 0.2) is 48.7 Å². The summed E-state index contributed by atoms with van der Waals surface area (Å²) < 4.78 is 0. The molecule has 0 bridgehead atoms. The molecule has 2 nitrogen and oxygen atoms in total. The van der Waals surface area contributed by atoms with Gasteiger partial charge in [-0.05, 0) is 23.6 Å². The van der Waals surface area contributed by atoms with Crippen molar-refractivity contribution in [3.05, 3.63) is 54.7 Å². The molecule has 1 radical (unpaired) electrons. The molecule has 0 fully saturated rings. The van der Waals surface area contributed by atoms with Gasteiger partial charge in [0.05, 0.1) is 5.52 Å². The SMILES string of the molecule is Oc1ccc[c]c1-c1cccc2cc[nH]c12. The third-order valence-corrected chi connectivity index (χ3v) is 2.69. The molecular weight excluding hydrogens is 198 g/mol. The quantitative estimate of drug-likeness (QED) is 0.632. The fourth-order valence-electron chi connectivity index (χ4n) is 1.94. The smallest absolute Gasteiger partial charge is 0.124 e. The summed E-state index contributed by atoms with van der Waals surface area (Å²) in [7, 11) is 0. The number of fused-ring (bicyclic) bond motifs is 1. The molecule has 0 unspecified atom stereocenters. The molecule has 0 aliphatic carbocycles. The van der Waals surface area contributed by atoms with E-state index >= 15 is 0 Å². The number of phenols is 1. The summed E-state index contributed by atoms with van der Waals surface area (Å²) in [6.45, 7) is 0. The maximum absolute atomic E-state index is 9.82. The number of hydrogen-bond acceptors (Lipinski definition) is 1. The number of nitrogens with one attached hydrogen (secondary N) is 1. The van der Waals surface area contributed by atoms with Crippen molar-refractivity contribution in [1.29, 1.82) is 0 Å². The summed E-state index contributed by atoms with van der Waals surface area (Å²) >= 11 is 0. The third kappa shape index (κ3) is 1.27. The zero-order valence-corrected chi connectivity index (χ0v) is 8.57. The molecular formula is C14H10NO. The minimum absolute atomic E-state index is 0.254. The van der Waals surface area contributed by atoms with E-state index in [1.54, 1.807) is 18.2 Å². The third-order valence-electron chi connectivity index (χ3n) is 2.69. The zero-order valence-electron chi connectivity index (χ0n) is 8.57. The number of phenolic OH excluding ortho intramolecular Hbond substituents is 1. The van der Waals surface area contributed by atoms with Crippen molar-refractivity contribution < 1.29 is 5.11 Å². The molecule has 2 N–H and O–H groups in total. The highest BCUT2D eigenvalue weighted by Crippen LogP contribution is 2.32. The monoisotopic (exact) mass is 208 g/mol. The fraction of sp³-hybridized carbons (Fsp3) is 0. The van der Waals surface area contributed by atoms with Gasteiger partial charge in [-0.15, -0.1) is 0 Å². The molecule has 0 saturated heterocycles. The normalized spacial score (nSPS) is 10.8. The van der Waals surface area contributed by atoms with Crippen molar-refractivity contribution in [3.63, 3.8) is 0 Å². The zero-order chi connectivity index (χ0) is 11.0. The van der Waals surface area contributed by atoms with E-state index in [0.717, 1.165) is 22.0 Å². The largest absolute Gasteiger partial charge is 0.507 e. The second-order valence-electron chi connectivity index (χ2n) is 3.68. The van der Waals surface area contributed by atoms with Gasteiger partial charge in [0.15, 0.2) is 0 Å². The van der Waals surface area contributed by atoms with Gasteiger partial charge in [-0.3, -0.25) is 0 Å². The molecule has 0 saturated carbocycles. The lowest BCUT2D eigenvalue weighted by molar-refractivity contribution is 0.477. The number of H-pyrrole nitrogens is 1. The standard InChI is InChI=1S/C14H10NO/c16-13-7-2-1-5-11(13)12-6-3-4-10-8-9-15-14(10)12/h1-4,6-9,15-16H. The van der Waals surface area contributed by atoms with Crippen LogP contribution in [0, 0.1) is 6.07 Å². The van der Waals surface area contributed by atoms with Gasteiger partial charge in [0.25, 0.3) is 0 Å². The molecule has 1 aromatic heterocycles. The molecule has 77 valence electrons. The number of aromatic amines is 1. The van der Waals surface area contributed by atoms with E-state index in [1.807, 2.05) is 30.5 Å². The summed E-state index contributed by atoms with van der Waals surface area (Å²) in [6, 6.07) is 16.3. The number of hydrogen-bond donors (Lipinski definition) is 2. The lowest BCUT2D eigenvalue weighted by atomic mass is 10.0. The van der Waals surface area contributed by atoms with Gasteiger partial charge in [0, 0.05) is 17.3 Å². The summed E-state index contributed by atoms with van der Waals surface area (Å²) in [6.07, 6.45) is 1.90. The Labute approximate surface area is 93.2 Å². The van der Waals surface area contributed by atoms with E-state index in [9.17, 15) is 5.11 Å². The highest BCUT2D eigenvalue weighted by molar-refractivity contribution is 5.95. The van der Waals surface area contributed by atoms with E-state index < -0.39 is 0 Å². The minimum atomic E-state index is 0.254. The van der Waals surface area contributed by atoms with E-state index in [4.69, 9.17) is 0 Å². The van der Waals surface area contributed by atoms with Crippen LogP contribution >= 0.6 is 0 Å². The molecule has 1 heterocycles. The van der Waals surface area contributed by atoms with E-state index in [-0.39, 0.29) is 5.75 Å². The van der Waals surface area contributed by atoms with Crippen molar-refractivity contribution in [3.8, 4) is 16.9 Å². The maximum atomic E-state index is 9.82. The minimum Gasteiger partial charge on any atom is -0.507 e. The van der Waals surface area contributed by atoms with E-state index in [1.165, 1.54) is 0 Å². The van der Waals surface area contributed by atoms with Gasteiger partial charge >= 0.3 is 0 Å². The summed E-state index contributed by atoms with van der Waals surface area (Å²) in [5.41, 5.74) is 2.73. The average Bonchev–Trinajstić information content (AvgIpc) is 2.77. The summed E-state index contributed by atoms with van der Waals surface area (Å²) in [5.74, 6) is 0.254. The Morgan fingerprint density at radius 3 is 2.88 bits per heavy atom. The molecule has 0 spiro atoms. The summed E-state index contributed by atoms with van der Waals surface area (Å²) in [4.78, 5) is 3.18. The first-order valence-electron chi connectivity index (χ1n) is 5.12. The second-order valence-corrected chi connectivity index (χ2v) is 3.68. The van der Waals surface area contributed by atoms with E-state index in [2.05, 4.69) is 11.1 Å². The summed E-state index contributed by atoms with van der Waals surface area (Å²) in [5, 5.41) is 10.9. The fourth-order valence-corrected chi connectivity index (χ4v) is 1.94. The van der Waals surface area contributed by atoms with E-state index in [0.29, 0.717) is 0 Å². The number of rotatable bonds is 1. The van der Waals surface area contributed by atoms with Crippen LogP contribution in [-0.4, -0.2) is 10.1 Å². The first kappa shape index (κ1) is 9.04. The number of aromatic hydroxyl groups is 1. The Balaban J connectivity index is 2.34. The molecule has 3 aromatic rings. The first-order chi connectivity index (χ1) is 7.86. The molecule has 0 aliphatic rings. The van der Waals surface area contributed by atoms with Crippen molar-refractivity contribution in [2.24, 2.45) is 0 Å². The van der Waals surface area contributed by atoms with Crippen molar-refractivity contribution >= 4 is 10.9 Å². The molecule has 0 amide bonds. The van der Waals surface area contributed by atoms with Gasteiger partial charge < -0.3 is 10.1 Å². The van der Waals surface area contributed by atoms with Crippen LogP contribution in [0.3, 0.4) is 0 Å². The lowest BCUT2D eigenvalue weighted by Crippen LogP contribution is -1.81. The number of aromatic nitrogens is 1. The number of para-hydroxylation sites is 1. The van der Waals surface area contributed by atoms with Crippen molar-refractivity contribution in [1.82, 2.24) is 4.98 Å². The predicted molar refractivity (Wildman–Crippen MR) is 64.2 cm³/mol. The Hall–Kier alpha value is -2.22. The highest BCUT2D eigenvalue weighted by atomic mass is 16.3. The molecule has 3 rings (SSSR count). The Bertz CT molecular complexity index is 640. The topological polar surface area (TPSA) is 36.0 Å². The molecule has 2 aromatic carbocycles. The average molecular weight is 208 g/mol. The van der Waals surface area contributed by atoms with Gasteiger partial charge in [-0.25, -0.2) is 0 Å². The molecule has 0 atom stereocenters. The predicted octanol–water partition coefficient (Wildman–Crippen LogP) is 3.34. The van der Waals surface area contributed by atoms with Gasteiger partial charge in [0.2, 0.25) is 0 Å². The Kier molecular flexibility index (Phi) is 1.93. The van der Waals surface area contributed by atoms with Crippen LogP contribution in [0.25, 0.3) is 22.0 Å². The molecule has 2 heteroatoms. The maximum Gasteiger partial charge on any atom is 0.124 e. The van der Waals surface area contributed by atoms with Gasteiger partial charge in [-0.1, -0.05) is 30.3 Å². The van der Waals surface area contributed by atoms with Crippen LogP contribution in [0.1, 0.15) is 0 Å². The Morgan fingerprint density at radius 2 is 2.00 bits per heavy atom. The van der Waals surface area contributed by atoms with Crippen molar-refractivity contribution in [2.75, 3.05) is 0 Å². The van der Waals surface area contributed by atoms with Crippen LogP contribution in [0.2, 0.25) is 0 Å². The highest BCUT2D eigenvalue weighted by Gasteiger charge is 2.07. The molecule has 16 heavy (non-hydrogen) atoms. The van der Waals surface area contributed by atoms with Crippen LogP contribution < -0.4 is 0 Å². The molecule has 0 aliphatic heterocycles. The van der Waals surface area contributed by atoms with Crippen LogP contribution in [0.4, 0.5) is 0 Å². The number of benzene rings is 2. The second kappa shape index (κ2) is 3.42. The van der Waals surface area contributed by atoms with Crippen LogP contribution in [0.5, 0.6) is 5.75 Å². The van der Waals surface area contributed by atoms with Crippen LogP contribution in [-0.2, 0) is 0 Å². The lowest BCUT2D eigenvalue weighted by Gasteiger charge is -2.05. The van der Waals surface area contributed by atoms with Crippen molar-refractivity contribution in [2.45, 2.75) is 0 Å². The first-order valence-corrected chi connectivity index (χ1v) is 5.12. The van der Waals surface area contributed by atoms with Gasteiger partial charge in [-0.2, -0.15) is 0 Å². The van der Waals surface area contributed by atoms with Gasteiger partial charge in [0.1, 0.15) is 5.75 Å².